The van der Waals surface area contributed by atoms with E-state index in [0.717, 1.165) is 12.1 Å². The molecule has 0 saturated heterocycles. The van der Waals surface area contributed by atoms with Crippen LogP contribution in [0.3, 0.4) is 0 Å². The number of carbonyl (C=O) groups is 1. The molecule has 0 radical (unpaired) electrons. The molecule has 0 aliphatic rings. The Kier molecular flexibility index (Phi) is 8.35. The molecule has 126 valence electrons. The maximum Gasteiger partial charge on any atom is 0.505 e. The van der Waals surface area contributed by atoms with Gasteiger partial charge >= 0.3 is 6.16 Å². The number of carboxylic acid groups (broad SMARTS) is 1. The van der Waals surface area contributed by atoms with Crippen molar-refractivity contribution in [2.45, 2.75) is 50.4 Å². The highest BCUT2D eigenvalue weighted by Crippen LogP contribution is 2.28. The molecule has 0 fully saturated rings. The minimum Gasteiger partial charge on any atom is -0.450 e. The first-order valence-electron chi connectivity index (χ1n) is 7.78. The van der Waals surface area contributed by atoms with Crippen molar-refractivity contribution in [1.82, 2.24) is 0 Å². The van der Waals surface area contributed by atoms with Gasteiger partial charge in [0.15, 0.2) is 0 Å². The highest BCUT2D eigenvalue weighted by molar-refractivity contribution is 6.94. The van der Waals surface area contributed by atoms with Crippen LogP contribution in [0.1, 0.15) is 0 Å². The highest BCUT2D eigenvalue weighted by Gasteiger charge is 2.31. The fourth-order valence-corrected chi connectivity index (χ4v) is 14.1. The van der Waals surface area contributed by atoms with E-state index in [0.29, 0.717) is 6.23 Å². The number of hydrogen-bond acceptors (Lipinski definition) is 2. The van der Waals surface area contributed by atoms with Gasteiger partial charge in [0.1, 0.15) is 8.07 Å². The second-order valence-corrected chi connectivity index (χ2v) is 22.0. The third-order valence-corrected chi connectivity index (χ3v) is 14.6. The van der Waals surface area contributed by atoms with Crippen LogP contribution in [-0.4, -0.2) is 41.7 Å². The third-order valence-electron chi connectivity index (χ3n) is 4.44. The standard InChI is InChI=1S/C16H32O3Si3/c1-8-22(9-2,10-3)14-13-20(4,5)11-12-21(6,7)15-19-16(17)18/h8-10H,1-3,11-15H2,4-7H3,(H,17,18). The molecule has 0 unspecified atom stereocenters. The molecule has 22 heavy (non-hydrogen) atoms. The molecule has 0 aliphatic carbocycles. The molecule has 0 atom stereocenters. The zero-order valence-corrected chi connectivity index (χ0v) is 17.7. The molecule has 0 aromatic rings. The second kappa shape index (κ2) is 8.69. The molecule has 0 bridgehead atoms. The molecule has 0 spiro atoms. The van der Waals surface area contributed by atoms with E-state index in [9.17, 15) is 4.79 Å². The van der Waals surface area contributed by atoms with Gasteiger partial charge in [-0.2, -0.15) is 0 Å². The first-order chi connectivity index (χ1) is 10.0. The van der Waals surface area contributed by atoms with Gasteiger partial charge < -0.3 is 9.84 Å². The SMILES string of the molecule is C=C[Si](C=C)(C=C)CC[Si](C)(C)CC[Si](C)(C)COC(=O)O. The first kappa shape index (κ1) is 21.1. The fraction of sp³-hybridized carbons (Fsp3) is 0.562. The van der Waals surface area contributed by atoms with Crippen molar-refractivity contribution in [3.05, 3.63) is 36.8 Å². The molecular formula is C16H32O3Si3. The average Bonchev–Trinajstić information content (AvgIpc) is 2.46. The molecule has 0 amide bonds. The lowest BCUT2D eigenvalue weighted by atomic mass is 10.9. The topological polar surface area (TPSA) is 46.5 Å². The summed E-state index contributed by atoms with van der Waals surface area (Å²) in [6.45, 7) is 21.2. The number of ether oxygens (including phenoxy) is 1. The summed E-state index contributed by atoms with van der Waals surface area (Å²) in [6, 6.07) is 4.75. The second-order valence-electron chi connectivity index (χ2n) is 7.61. The van der Waals surface area contributed by atoms with Gasteiger partial charge in [0.25, 0.3) is 0 Å². The summed E-state index contributed by atoms with van der Waals surface area (Å²) in [5, 5.41) is 8.65. The average molecular weight is 357 g/mol. The van der Waals surface area contributed by atoms with E-state index in [4.69, 9.17) is 9.84 Å². The molecule has 0 rings (SSSR count). The van der Waals surface area contributed by atoms with Crippen molar-refractivity contribution in [3.8, 4) is 0 Å². The van der Waals surface area contributed by atoms with Crippen LogP contribution in [0, 0.1) is 0 Å². The molecule has 1 N–H and O–H groups in total. The molecule has 3 nitrogen and oxygen atoms in total. The van der Waals surface area contributed by atoms with Gasteiger partial charge in [0, 0.05) is 8.07 Å². The predicted molar refractivity (Wildman–Crippen MR) is 105 cm³/mol. The van der Waals surface area contributed by atoms with Gasteiger partial charge in [-0.05, 0) is 6.04 Å². The fourth-order valence-electron chi connectivity index (χ4n) is 2.24. The quantitative estimate of drug-likeness (QED) is 0.405. The van der Waals surface area contributed by atoms with E-state index >= 15 is 0 Å². The summed E-state index contributed by atoms with van der Waals surface area (Å²) in [7, 11) is -4.59. The van der Waals surface area contributed by atoms with Gasteiger partial charge in [-0.1, -0.05) is 61.4 Å². The normalized spacial score (nSPS) is 12.5. The molecule has 0 aliphatic heterocycles. The van der Waals surface area contributed by atoms with Gasteiger partial charge in [-0.25, -0.2) is 4.79 Å². The minimum absolute atomic E-state index is 0.400. The highest BCUT2D eigenvalue weighted by atomic mass is 28.3. The van der Waals surface area contributed by atoms with Crippen LogP contribution in [0.2, 0.25) is 50.4 Å². The Balaban J connectivity index is 4.51. The van der Waals surface area contributed by atoms with Gasteiger partial charge in [0.05, 0.1) is 14.3 Å². The monoisotopic (exact) mass is 356 g/mol. The smallest absolute Gasteiger partial charge is 0.450 e. The van der Waals surface area contributed by atoms with Crippen LogP contribution in [-0.2, 0) is 4.74 Å². The van der Waals surface area contributed by atoms with E-state index in [-0.39, 0.29) is 0 Å². The first-order valence-corrected chi connectivity index (χ1v) is 17.0. The summed E-state index contributed by atoms with van der Waals surface area (Å²) in [4.78, 5) is 10.5. The summed E-state index contributed by atoms with van der Waals surface area (Å²) in [5.74, 6) is 0. The van der Waals surface area contributed by atoms with Crippen molar-refractivity contribution in [1.29, 1.82) is 0 Å². The van der Waals surface area contributed by atoms with E-state index in [2.05, 4.69) is 63.0 Å². The van der Waals surface area contributed by atoms with E-state index in [1.54, 1.807) is 0 Å². The summed E-state index contributed by atoms with van der Waals surface area (Å²) < 4.78 is 4.80. The largest absolute Gasteiger partial charge is 0.505 e. The molecular weight excluding hydrogens is 324 g/mol. The van der Waals surface area contributed by atoms with Crippen LogP contribution in [0.25, 0.3) is 0 Å². The molecule has 0 heterocycles. The van der Waals surface area contributed by atoms with E-state index in [1.165, 1.54) is 12.1 Å². The van der Waals surface area contributed by atoms with Crippen molar-refractivity contribution in [2.24, 2.45) is 0 Å². The number of rotatable bonds is 11. The van der Waals surface area contributed by atoms with Crippen LogP contribution in [0.5, 0.6) is 0 Å². The van der Waals surface area contributed by atoms with Crippen LogP contribution >= 0.6 is 0 Å². The predicted octanol–water partition coefficient (Wildman–Crippen LogP) is 5.26. The Morgan fingerprint density at radius 3 is 1.73 bits per heavy atom. The third kappa shape index (κ3) is 7.95. The Morgan fingerprint density at radius 2 is 1.32 bits per heavy atom. The number of hydrogen-bond donors (Lipinski definition) is 1. The van der Waals surface area contributed by atoms with E-state index in [1.807, 2.05) is 0 Å². The lowest BCUT2D eigenvalue weighted by Gasteiger charge is -2.30. The summed E-state index contributed by atoms with van der Waals surface area (Å²) in [5.41, 5.74) is 6.20. The van der Waals surface area contributed by atoms with Crippen LogP contribution in [0.4, 0.5) is 4.79 Å². The van der Waals surface area contributed by atoms with Crippen molar-refractivity contribution < 1.29 is 14.6 Å². The molecule has 0 saturated carbocycles. The minimum atomic E-state index is -1.70. The maximum absolute atomic E-state index is 10.5. The summed E-state index contributed by atoms with van der Waals surface area (Å²) >= 11 is 0. The Bertz CT molecular complexity index is 395. The maximum atomic E-state index is 10.5. The Labute approximate surface area is 138 Å². The Hall–Kier alpha value is -0.859. The van der Waals surface area contributed by atoms with Gasteiger partial charge in [-0.15, -0.1) is 19.7 Å². The van der Waals surface area contributed by atoms with Gasteiger partial charge in [-0.3, -0.25) is 0 Å². The van der Waals surface area contributed by atoms with E-state index < -0.39 is 30.4 Å². The van der Waals surface area contributed by atoms with Crippen molar-refractivity contribution in [2.75, 3.05) is 6.23 Å². The van der Waals surface area contributed by atoms with Crippen molar-refractivity contribution in [3.63, 3.8) is 0 Å². The van der Waals surface area contributed by atoms with Gasteiger partial charge in [0.2, 0.25) is 0 Å². The van der Waals surface area contributed by atoms with Crippen molar-refractivity contribution >= 4 is 30.4 Å². The Morgan fingerprint density at radius 1 is 0.909 bits per heavy atom. The zero-order valence-electron chi connectivity index (χ0n) is 14.7. The lowest BCUT2D eigenvalue weighted by Crippen LogP contribution is -2.38. The summed E-state index contributed by atoms with van der Waals surface area (Å²) in [6.07, 6.45) is -0.756. The molecule has 6 heteroatoms. The van der Waals surface area contributed by atoms with Crippen LogP contribution in [0.15, 0.2) is 36.8 Å². The lowest BCUT2D eigenvalue weighted by molar-refractivity contribution is 0.105. The molecule has 0 aromatic heterocycles. The van der Waals surface area contributed by atoms with Crippen LogP contribution < -0.4 is 0 Å². The zero-order chi connectivity index (χ0) is 17.4. The molecule has 0 aromatic carbocycles.